The number of benzene rings is 1. The summed E-state index contributed by atoms with van der Waals surface area (Å²) in [5, 5.41) is 0.991. The van der Waals surface area contributed by atoms with Gasteiger partial charge in [-0.1, -0.05) is 29.3 Å². The molecule has 1 amide bonds. The molecule has 1 aliphatic heterocycles. The van der Waals surface area contributed by atoms with Gasteiger partial charge in [-0.05, 0) is 38.5 Å². The zero-order valence-electron chi connectivity index (χ0n) is 11.3. The van der Waals surface area contributed by atoms with Gasteiger partial charge in [0, 0.05) is 18.0 Å². The lowest BCUT2D eigenvalue weighted by Crippen LogP contribution is -2.45. The molecule has 104 valence electrons. The predicted molar refractivity (Wildman–Crippen MR) is 78.4 cm³/mol. The molecule has 0 spiro atoms. The van der Waals surface area contributed by atoms with Crippen molar-refractivity contribution in [3.05, 3.63) is 33.8 Å². The van der Waals surface area contributed by atoms with Crippen LogP contribution in [0.3, 0.4) is 0 Å². The molecule has 1 aromatic carbocycles. The first-order chi connectivity index (χ1) is 8.71. The van der Waals surface area contributed by atoms with Crippen molar-refractivity contribution in [2.75, 3.05) is 0 Å². The second-order valence-corrected chi connectivity index (χ2v) is 6.74. The lowest BCUT2D eigenvalue weighted by atomic mass is 9.97. The normalized spacial score (nSPS) is 24.1. The van der Waals surface area contributed by atoms with Gasteiger partial charge < -0.3 is 10.6 Å². The summed E-state index contributed by atoms with van der Waals surface area (Å²) in [6.07, 6.45) is 0.363. The molecule has 19 heavy (non-hydrogen) atoms. The highest BCUT2D eigenvalue weighted by molar-refractivity contribution is 6.42. The lowest BCUT2D eigenvalue weighted by Gasteiger charge is -2.38. The smallest absolute Gasteiger partial charge is 0.225 e. The van der Waals surface area contributed by atoms with Crippen molar-refractivity contribution in [2.45, 2.75) is 44.8 Å². The van der Waals surface area contributed by atoms with Crippen molar-refractivity contribution in [3.63, 3.8) is 0 Å². The van der Waals surface area contributed by atoms with Gasteiger partial charge in [-0.25, -0.2) is 0 Å². The number of hydrogen-bond acceptors (Lipinski definition) is 2. The Balaban J connectivity index is 2.45. The van der Waals surface area contributed by atoms with Crippen LogP contribution in [0.1, 0.15) is 38.8 Å². The second-order valence-electron chi connectivity index (χ2n) is 5.92. The molecule has 0 radical (unpaired) electrons. The van der Waals surface area contributed by atoms with E-state index < -0.39 is 0 Å². The molecular formula is C14H18Cl2N2O. The summed E-state index contributed by atoms with van der Waals surface area (Å²) in [7, 11) is 0. The molecule has 1 fully saturated rings. The average Bonchev–Trinajstić information content (AvgIpc) is 2.57. The van der Waals surface area contributed by atoms with Crippen molar-refractivity contribution in [2.24, 2.45) is 5.73 Å². The van der Waals surface area contributed by atoms with E-state index in [0.29, 0.717) is 16.5 Å². The first-order valence-electron chi connectivity index (χ1n) is 6.24. The van der Waals surface area contributed by atoms with E-state index in [2.05, 4.69) is 0 Å². The van der Waals surface area contributed by atoms with E-state index in [9.17, 15) is 4.79 Å². The molecule has 2 rings (SSSR count). The van der Waals surface area contributed by atoms with Crippen LogP contribution in [0.5, 0.6) is 0 Å². The molecule has 2 atom stereocenters. The van der Waals surface area contributed by atoms with Gasteiger partial charge in [0.15, 0.2) is 0 Å². The number of nitrogens with zero attached hydrogens (tertiary/aromatic N) is 1. The molecule has 1 aromatic rings. The summed E-state index contributed by atoms with van der Waals surface area (Å²) in [4.78, 5) is 14.0. The maximum absolute atomic E-state index is 12.2. The Labute approximate surface area is 123 Å². The van der Waals surface area contributed by atoms with Crippen LogP contribution in [0.2, 0.25) is 10.0 Å². The standard InChI is InChI=1S/C14H18Cl2N2O/c1-14(2,3)18-12(19)7-11(17)13(18)8-4-5-9(15)10(16)6-8/h4-6,11,13H,7,17H2,1-3H3. The number of likely N-dealkylation sites (tertiary alicyclic amines) is 1. The highest BCUT2D eigenvalue weighted by Gasteiger charge is 2.43. The summed E-state index contributed by atoms with van der Waals surface area (Å²) in [6, 6.07) is 5.06. The van der Waals surface area contributed by atoms with Crippen LogP contribution in [-0.4, -0.2) is 22.4 Å². The van der Waals surface area contributed by atoms with Crippen LogP contribution in [0, 0.1) is 0 Å². The molecule has 1 saturated heterocycles. The highest BCUT2D eigenvalue weighted by Crippen LogP contribution is 2.39. The number of hydrogen-bond donors (Lipinski definition) is 1. The fourth-order valence-electron chi connectivity index (χ4n) is 2.64. The molecule has 1 heterocycles. The third kappa shape index (κ3) is 2.73. The maximum atomic E-state index is 12.2. The average molecular weight is 301 g/mol. The first kappa shape index (κ1) is 14.6. The minimum Gasteiger partial charge on any atom is -0.329 e. The molecule has 0 bridgehead atoms. The van der Waals surface area contributed by atoms with E-state index in [0.717, 1.165) is 5.56 Å². The zero-order chi connectivity index (χ0) is 14.4. The summed E-state index contributed by atoms with van der Waals surface area (Å²) < 4.78 is 0. The Bertz CT molecular complexity index is 511. The van der Waals surface area contributed by atoms with Crippen LogP contribution in [0.15, 0.2) is 18.2 Å². The third-order valence-corrected chi connectivity index (χ3v) is 4.11. The van der Waals surface area contributed by atoms with E-state index in [1.54, 1.807) is 12.1 Å². The predicted octanol–water partition coefficient (Wildman–Crippen LogP) is 3.39. The number of amides is 1. The van der Waals surface area contributed by atoms with Gasteiger partial charge in [0.05, 0.1) is 16.1 Å². The van der Waals surface area contributed by atoms with E-state index >= 15 is 0 Å². The minimum atomic E-state index is -0.276. The fourth-order valence-corrected chi connectivity index (χ4v) is 2.95. The van der Waals surface area contributed by atoms with Crippen LogP contribution < -0.4 is 5.73 Å². The summed E-state index contributed by atoms with van der Waals surface area (Å²) >= 11 is 12.0. The number of carbonyl (C=O) groups is 1. The first-order valence-corrected chi connectivity index (χ1v) is 7.00. The number of carbonyl (C=O) groups excluding carboxylic acids is 1. The van der Waals surface area contributed by atoms with Crippen molar-refractivity contribution < 1.29 is 4.79 Å². The second kappa shape index (κ2) is 4.97. The van der Waals surface area contributed by atoms with Crippen LogP contribution in [0.4, 0.5) is 0 Å². The van der Waals surface area contributed by atoms with Crippen LogP contribution in [0.25, 0.3) is 0 Å². The van der Waals surface area contributed by atoms with Crippen LogP contribution >= 0.6 is 23.2 Å². The Morgan fingerprint density at radius 2 is 1.89 bits per heavy atom. The van der Waals surface area contributed by atoms with Gasteiger partial charge in [0.1, 0.15) is 0 Å². The van der Waals surface area contributed by atoms with Gasteiger partial charge in [-0.3, -0.25) is 4.79 Å². The van der Waals surface area contributed by atoms with E-state index in [1.165, 1.54) is 0 Å². The van der Waals surface area contributed by atoms with E-state index in [-0.39, 0.29) is 23.5 Å². The van der Waals surface area contributed by atoms with Crippen molar-refractivity contribution in [1.29, 1.82) is 0 Å². The minimum absolute atomic E-state index is 0.0797. The van der Waals surface area contributed by atoms with E-state index in [4.69, 9.17) is 28.9 Å². The Morgan fingerprint density at radius 1 is 1.26 bits per heavy atom. The SMILES string of the molecule is CC(C)(C)N1C(=O)CC(N)C1c1ccc(Cl)c(Cl)c1. The topological polar surface area (TPSA) is 46.3 Å². The molecule has 0 aromatic heterocycles. The summed E-state index contributed by atoms with van der Waals surface area (Å²) in [6.45, 7) is 6.02. The fraction of sp³-hybridized carbons (Fsp3) is 0.500. The quantitative estimate of drug-likeness (QED) is 0.864. The van der Waals surface area contributed by atoms with E-state index in [1.807, 2.05) is 31.7 Å². The number of halogens is 2. The monoisotopic (exact) mass is 300 g/mol. The zero-order valence-corrected chi connectivity index (χ0v) is 12.8. The molecule has 1 aliphatic rings. The Kier molecular flexibility index (Phi) is 3.83. The van der Waals surface area contributed by atoms with Crippen molar-refractivity contribution in [1.82, 2.24) is 4.90 Å². The van der Waals surface area contributed by atoms with Gasteiger partial charge in [0.25, 0.3) is 0 Å². The molecule has 0 saturated carbocycles. The van der Waals surface area contributed by atoms with Gasteiger partial charge in [-0.2, -0.15) is 0 Å². The number of nitrogens with two attached hydrogens (primary N) is 1. The van der Waals surface area contributed by atoms with Crippen molar-refractivity contribution in [3.8, 4) is 0 Å². The Hall–Kier alpha value is -0.770. The largest absolute Gasteiger partial charge is 0.329 e. The highest BCUT2D eigenvalue weighted by atomic mass is 35.5. The molecule has 2 unspecified atom stereocenters. The third-order valence-electron chi connectivity index (χ3n) is 3.37. The lowest BCUT2D eigenvalue weighted by molar-refractivity contribution is -0.133. The molecule has 5 heteroatoms. The van der Waals surface area contributed by atoms with Gasteiger partial charge in [0.2, 0.25) is 5.91 Å². The number of rotatable bonds is 1. The Morgan fingerprint density at radius 3 is 2.42 bits per heavy atom. The summed E-state index contributed by atoms with van der Waals surface area (Å²) in [5.41, 5.74) is 6.80. The summed E-state index contributed by atoms with van der Waals surface area (Å²) in [5.74, 6) is 0.0797. The maximum Gasteiger partial charge on any atom is 0.225 e. The molecule has 3 nitrogen and oxygen atoms in total. The van der Waals surface area contributed by atoms with Crippen LogP contribution in [-0.2, 0) is 4.79 Å². The molecule has 2 N–H and O–H groups in total. The van der Waals surface area contributed by atoms with Gasteiger partial charge in [-0.15, -0.1) is 0 Å². The molecule has 0 aliphatic carbocycles. The molecular weight excluding hydrogens is 283 g/mol. The van der Waals surface area contributed by atoms with Gasteiger partial charge >= 0.3 is 0 Å². The van der Waals surface area contributed by atoms with Crippen molar-refractivity contribution >= 4 is 29.1 Å².